The van der Waals surface area contributed by atoms with Crippen LogP contribution in [0.15, 0.2) is 47.4 Å². The third kappa shape index (κ3) is 4.54. The van der Waals surface area contributed by atoms with Crippen molar-refractivity contribution in [2.24, 2.45) is 0 Å². The first kappa shape index (κ1) is 17.5. The fourth-order valence-electron chi connectivity index (χ4n) is 2.13. The molecule has 0 aliphatic carbocycles. The monoisotopic (exact) mass is 333 g/mol. The number of nitrogen functional groups attached to an aromatic ring is 1. The van der Waals surface area contributed by atoms with E-state index in [0.29, 0.717) is 13.1 Å². The molecular formula is C17H23N3O2S. The van der Waals surface area contributed by atoms with Crippen molar-refractivity contribution in [3.8, 4) is 11.1 Å². The first-order chi connectivity index (χ1) is 10.8. The minimum absolute atomic E-state index is 0.264. The van der Waals surface area contributed by atoms with E-state index in [4.69, 9.17) is 5.73 Å². The van der Waals surface area contributed by atoms with Gasteiger partial charge >= 0.3 is 0 Å². The number of nitrogens with two attached hydrogens (primary N) is 1. The van der Waals surface area contributed by atoms with Gasteiger partial charge in [0.05, 0.1) is 4.90 Å². The molecule has 0 atom stereocenters. The number of aryl methyl sites for hydroxylation is 1. The topological polar surface area (TPSA) is 75.4 Å². The zero-order valence-corrected chi connectivity index (χ0v) is 14.5. The summed E-state index contributed by atoms with van der Waals surface area (Å²) in [6.07, 6.45) is 0. The van der Waals surface area contributed by atoms with Crippen molar-refractivity contribution < 1.29 is 8.42 Å². The van der Waals surface area contributed by atoms with Crippen molar-refractivity contribution in [1.82, 2.24) is 9.62 Å². The molecule has 0 radical (unpaired) electrons. The van der Waals surface area contributed by atoms with Gasteiger partial charge < -0.3 is 10.6 Å². The fraction of sp³-hybridized carbons (Fsp3) is 0.294. The summed E-state index contributed by atoms with van der Waals surface area (Å²) in [5, 5.41) is 0. The molecule has 0 amide bonds. The lowest BCUT2D eigenvalue weighted by Gasteiger charge is -2.11. The van der Waals surface area contributed by atoms with Crippen LogP contribution < -0.4 is 10.5 Å². The van der Waals surface area contributed by atoms with Gasteiger partial charge in [0, 0.05) is 18.8 Å². The molecule has 6 heteroatoms. The first-order valence-electron chi connectivity index (χ1n) is 7.40. The van der Waals surface area contributed by atoms with Gasteiger partial charge in [-0.2, -0.15) is 0 Å². The zero-order chi connectivity index (χ0) is 17.0. The normalized spacial score (nSPS) is 11.8. The quantitative estimate of drug-likeness (QED) is 0.794. The highest BCUT2D eigenvalue weighted by atomic mass is 32.2. The minimum atomic E-state index is -3.47. The number of nitrogens with one attached hydrogen (secondary N) is 1. The highest BCUT2D eigenvalue weighted by Gasteiger charge is 2.13. The molecule has 0 heterocycles. The van der Waals surface area contributed by atoms with Crippen LogP contribution in [0.2, 0.25) is 0 Å². The maximum Gasteiger partial charge on any atom is 0.240 e. The summed E-state index contributed by atoms with van der Waals surface area (Å²) in [5.74, 6) is 0. The third-order valence-corrected chi connectivity index (χ3v) is 5.11. The van der Waals surface area contributed by atoms with Gasteiger partial charge in [-0.25, -0.2) is 13.1 Å². The van der Waals surface area contributed by atoms with Crippen molar-refractivity contribution in [3.63, 3.8) is 0 Å². The second-order valence-electron chi connectivity index (χ2n) is 5.80. The Morgan fingerprint density at radius 3 is 2.22 bits per heavy atom. The summed E-state index contributed by atoms with van der Waals surface area (Å²) in [6, 6.07) is 12.7. The van der Waals surface area contributed by atoms with Crippen LogP contribution in [0.25, 0.3) is 11.1 Å². The van der Waals surface area contributed by atoms with E-state index in [2.05, 4.69) is 4.72 Å². The Morgan fingerprint density at radius 1 is 1.04 bits per heavy atom. The molecule has 0 aliphatic heterocycles. The van der Waals surface area contributed by atoms with Crippen LogP contribution in [0.1, 0.15) is 5.56 Å². The van der Waals surface area contributed by atoms with Crippen LogP contribution >= 0.6 is 0 Å². The highest BCUT2D eigenvalue weighted by Crippen LogP contribution is 2.24. The van der Waals surface area contributed by atoms with E-state index >= 15 is 0 Å². The van der Waals surface area contributed by atoms with E-state index in [9.17, 15) is 8.42 Å². The van der Waals surface area contributed by atoms with Gasteiger partial charge in [-0.05, 0) is 55.9 Å². The van der Waals surface area contributed by atoms with Gasteiger partial charge in [0.15, 0.2) is 0 Å². The summed E-state index contributed by atoms with van der Waals surface area (Å²) in [7, 11) is 0.327. The van der Waals surface area contributed by atoms with Crippen molar-refractivity contribution in [2.45, 2.75) is 11.8 Å². The lowest BCUT2D eigenvalue weighted by molar-refractivity contribution is 0.412. The summed E-state index contributed by atoms with van der Waals surface area (Å²) in [5.41, 5.74) is 9.58. The van der Waals surface area contributed by atoms with Gasteiger partial charge in [-0.15, -0.1) is 0 Å². The van der Waals surface area contributed by atoms with Gasteiger partial charge in [-0.3, -0.25) is 0 Å². The maximum absolute atomic E-state index is 12.2. The first-order valence-corrected chi connectivity index (χ1v) is 8.89. The van der Waals surface area contributed by atoms with E-state index in [1.807, 2.05) is 44.1 Å². The predicted molar refractivity (Wildman–Crippen MR) is 94.8 cm³/mol. The molecule has 0 fully saturated rings. The number of likely N-dealkylation sites (N-methyl/N-ethyl adjacent to an activating group) is 1. The number of benzene rings is 2. The molecule has 0 unspecified atom stereocenters. The summed E-state index contributed by atoms with van der Waals surface area (Å²) >= 11 is 0. The number of hydrogen-bond donors (Lipinski definition) is 2. The average molecular weight is 333 g/mol. The molecule has 5 nitrogen and oxygen atoms in total. The van der Waals surface area contributed by atoms with Gasteiger partial charge in [0.25, 0.3) is 0 Å². The number of nitrogens with zero attached hydrogens (tertiary/aromatic N) is 1. The second-order valence-corrected chi connectivity index (χ2v) is 7.56. The Kier molecular flexibility index (Phi) is 5.41. The van der Waals surface area contributed by atoms with Crippen LogP contribution in [-0.2, 0) is 10.0 Å². The van der Waals surface area contributed by atoms with E-state index in [1.165, 1.54) is 0 Å². The van der Waals surface area contributed by atoms with Crippen molar-refractivity contribution in [3.05, 3.63) is 48.0 Å². The number of sulfonamides is 1. The van der Waals surface area contributed by atoms with E-state index in [0.717, 1.165) is 22.4 Å². The van der Waals surface area contributed by atoms with Crippen LogP contribution in [0.3, 0.4) is 0 Å². The Morgan fingerprint density at radius 2 is 1.65 bits per heavy atom. The van der Waals surface area contributed by atoms with Gasteiger partial charge in [0.2, 0.25) is 10.0 Å². The van der Waals surface area contributed by atoms with Gasteiger partial charge in [0.1, 0.15) is 0 Å². The smallest absolute Gasteiger partial charge is 0.240 e. The average Bonchev–Trinajstić information content (AvgIpc) is 2.49. The maximum atomic E-state index is 12.2. The molecule has 0 aromatic heterocycles. The van der Waals surface area contributed by atoms with Crippen molar-refractivity contribution in [1.29, 1.82) is 0 Å². The lowest BCUT2D eigenvalue weighted by Crippen LogP contribution is -2.31. The minimum Gasteiger partial charge on any atom is -0.398 e. The van der Waals surface area contributed by atoms with E-state index < -0.39 is 10.0 Å². The highest BCUT2D eigenvalue weighted by molar-refractivity contribution is 7.89. The largest absolute Gasteiger partial charge is 0.398 e. The molecule has 0 saturated carbocycles. The Hall–Kier alpha value is -1.89. The fourth-order valence-corrected chi connectivity index (χ4v) is 3.15. The number of hydrogen-bond acceptors (Lipinski definition) is 4. The van der Waals surface area contributed by atoms with Crippen molar-refractivity contribution >= 4 is 15.7 Å². The lowest BCUT2D eigenvalue weighted by atomic mass is 10.0. The molecule has 0 bridgehead atoms. The molecule has 23 heavy (non-hydrogen) atoms. The molecule has 0 aliphatic rings. The van der Waals surface area contributed by atoms with Crippen LogP contribution in [-0.4, -0.2) is 40.5 Å². The van der Waals surface area contributed by atoms with Crippen LogP contribution in [0, 0.1) is 6.92 Å². The molecule has 3 N–H and O–H groups in total. The van der Waals surface area contributed by atoms with Gasteiger partial charge in [-0.1, -0.05) is 24.3 Å². The number of rotatable bonds is 6. The summed E-state index contributed by atoms with van der Waals surface area (Å²) < 4.78 is 27.0. The third-order valence-electron chi connectivity index (χ3n) is 3.63. The van der Waals surface area contributed by atoms with Crippen LogP contribution in [0.5, 0.6) is 0 Å². The Bertz CT molecular complexity index is 769. The van der Waals surface area contributed by atoms with E-state index in [-0.39, 0.29) is 4.90 Å². The standard InChI is InChI=1S/C17H23N3O2S/c1-13-4-5-15(12-17(13)18)14-6-8-16(9-7-14)23(21,22)19-10-11-20(2)3/h4-9,12,19H,10-11,18H2,1-3H3. The zero-order valence-electron chi connectivity index (χ0n) is 13.7. The predicted octanol–water partition coefficient (Wildman–Crippen LogP) is 2.08. The van der Waals surface area contributed by atoms with Crippen LogP contribution in [0.4, 0.5) is 5.69 Å². The molecule has 2 aromatic rings. The summed E-state index contributed by atoms with van der Waals surface area (Å²) in [4.78, 5) is 2.19. The Labute approximate surface area is 138 Å². The molecule has 124 valence electrons. The number of anilines is 1. The summed E-state index contributed by atoms with van der Waals surface area (Å²) in [6.45, 7) is 2.99. The Balaban J connectivity index is 2.16. The second kappa shape index (κ2) is 7.12. The van der Waals surface area contributed by atoms with Crippen molar-refractivity contribution in [2.75, 3.05) is 32.9 Å². The molecule has 2 rings (SSSR count). The molecule has 0 saturated heterocycles. The van der Waals surface area contributed by atoms with E-state index in [1.54, 1.807) is 24.3 Å². The molecular weight excluding hydrogens is 310 g/mol. The molecule has 0 spiro atoms. The SMILES string of the molecule is Cc1ccc(-c2ccc(S(=O)(=O)NCCN(C)C)cc2)cc1N. The molecule has 2 aromatic carbocycles.